The number of hydrogen-bond donors (Lipinski definition) is 2. The molecule has 0 saturated carbocycles. The van der Waals surface area contributed by atoms with E-state index < -0.39 is 6.04 Å². The summed E-state index contributed by atoms with van der Waals surface area (Å²) in [5.74, 6) is -0.143. The van der Waals surface area contributed by atoms with E-state index in [2.05, 4.69) is 39.8 Å². The fraction of sp³-hybridized carbons (Fsp3) is 0.211. The molecule has 0 bridgehead atoms. The van der Waals surface area contributed by atoms with Crippen molar-refractivity contribution in [3.05, 3.63) is 72.3 Å². The molecule has 25 heavy (non-hydrogen) atoms. The molecule has 2 aromatic carbocycles. The van der Waals surface area contributed by atoms with Gasteiger partial charge < -0.3 is 10.6 Å². The highest BCUT2D eigenvalue weighted by Crippen LogP contribution is 2.23. The van der Waals surface area contributed by atoms with Gasteiger partial charge in [-0.2, -0.15) is 5.10 Å². The second-order valence-electron chi connectivity index (χ2n) is 5.87. The Bertz CT molecular complexity index is 845. The summed E-state index contributed by atoms with van der Waals surface area (Å²) < 4.78 is 1.53. The van der Waals surface area contributed by atoms with E-state index in [9.17, 15) is 4.79 Å². The molecule has 0 aliphatic carbocycles. The summed E-state index contributed by atoms with van der Waals surface area (Å²) in [6.45, 7) is 4.57. The van der Waals surface area contributed by atoms with Gasteiger partial charge in [-0.25, -0.2) is 9.67 Å². The zero-order valence-electron chi connectivity index (χ0n) is 14.3. The van der Waals surface area contributed by atoms with Crippen LogP contribution in [0.3, 0.4) is 0 Å². The monoisotopic (exact) mass is 335 g/mol. The molecule has 1 amide bonds. The highest BCUT2D eigenvalue weighted by atomic mass is 16.2. The second-order valence-corrected chi connectivity index (χ2v) is 5.87. The van der Waals surface area contributed by atoms with Gasteiger partial charge in [0.25, 0.3) is 0 Å². The van der Waals surface area contributed by atoms with Crippen molar-refractivity contribution in [1.29, 1.82) is 0 Å². The summed E-state index contributed by atoms with van der Waals surface area (Å²) in [6, 6.07) is 15.5. The van der Waals surface area contributed by atoms with Crippen LogP contribution in [0.15, 0.2) is 61.2 Å². The van der Waals surface area contributed by atoms with Crippen LogP contribution in [0.4, 0.5) is 11.4 Å². The van der Waals surface area contributed by atoms with Gasteiger partial charge >= 0.3 is 0 Å². The van der Waals surface area contributed by atoms with Gasteiger partial charge in [0.2, 0.25) is 5.91 Å². The Morgan fingerprint density at radius 1 is 1.12 bits per heavy atom. The number of aryl methyl sites for hydroxylation is 1. The highest BCUT2D eigenvalue weighted by Gasteiger charge is 2.16. The summed E-state index contributed by atoms with van der Waals surface area (Å²) in [7, 11) is 0. The lowest BCUT2D eigenvalue weighted by atomic mass is 10.1. The summed E-state index contributed by atoms with van der Waals surface area (Å²) in [5, 5.41) is 10.4. The topological polar surface area (TPSA) is 71.8 Å². The average molecular weight is 335 g/mol. The predicted octanol–water partition coefficient (Wildman–Crippen LogP) is 3.40. The Morgan fingerprint density at radius 2 is 1.84 bits per heavy atom. The van der Waals surface area contributed by atoms with Crippen molar-refractivity contribution in [3.8, 4) is 0 Å². The number of aromatic nitrogens is 3. The lowest BCUT2D eigenvalue weighted by Crippen LogP contribution is -2.24. The van der Waals surface area contributed by atoms with Gasteiger partial charge in [-0.3, -0.25) is 4.79 Å². The predicted molar refractivity (Wildman–Crippen MR) is 98.3 cm³/mol. The largest absolute Gasteiger partial charge is 0.379 e. The molecule has 1 heterocycles. The quantitative estimate of drug-likeness (QED) is 0.724. The number of carbonyl (C=O) groups is 1. The Morgan fingerprint density at radius 3 is 2.56 bits per heavy atom. The number of carbonyl (C=O) groups excluding carboxylic acids is 1. The minimum Gasteiger partial charge on any atom is -0.379 e. The molecule has 0 radical (unpaired) electrons. The Hall–Kier alpha value is -3.15. The average Bonchev–Trinajstić information content (AvgIpc) is 3.16. The minimum absolute atomic E-state index is 0.143. The zero-order chi connectivity index (χ0) is 17.6. The third-order valence-corrected chi connectivity index (χ3v) is 4.13. The van der Waals surface area contributed by atoms with Crippen LogP contribution in [0.5, 0.6) is 0 Å². The number of nitrogens with one attached hydrogen (secondary N) is 2. The third kappa shape index (κ3) is 4.03. The van der Waals surface area contributed by atoms with Gasteiger partial charge in [0.15, 0.2) is 0 Å². The molecule has 128 valence electrons. The number of para-hydroxylation sites is 2. The Labute approximate surface area is 146 Å². The van der Waals surface area contributed by atoms with E-state index in [-0.39, 0.29) is 5.91 Å². The van der Waals surface area contributed by atoms with E-state index in [1.807, 2.05) is 36.4 Å². The molecular formula is C19H21N5O. The van der Waals surface area contributed by atoms with E-state index in [1.165, 1.54) is 28.5 Å². The SMILES string of the molecule is Cc1ccccc1CNc1ccccc1NC(=O)[C@H](C)n1cncn1. The Balaban J connectivity index is 1.70. The van der Waals surface area contributed by atoms with Crippen molar-refractivity contribution in [2.45, 2.75) is 26.4 Å². The summed E-state index contributed by atoms with van der Waals surface area (Å²) in [5.41, 5.74) is 4.08. The van der Waals surface area contributed by atoms with Gasteiger partial charge in [0, 0.05) is 6.54 Å². The maximum atomic E-state index is 12.5. The lowest BCUT2D eigenvalue weighted by Gasteiger charge is -2.16. The molecule has 0 fully saturated rings. The van der Waals surface area contributed by atoms with E-state index in [0.717, 1.165) is 11.4 Å². The number of nitrogens with zero attached hydrogens (tertiary/aromatic N) is 3. The maximum Gasteiger partial charge on any atom is 0.249 e. The standard InChI is InChI=1S/C19H21N5O/c1-14-7-3-4-8-16(14)11-21-17-9-5-6-10-18(17)23-19(25)15(2)24-13-20-12-22-24/h3-10,12-13,15,21H,11H2,1-2H3,(H,23,25)/t15-/m0/s1. The van der Waals surface area contributed by atoms with Crippen LogP contribution in [0.25, 0.3) is 0 Å². The fourth-order valence-electron chi connectivity index (χ4n) is 2.52. The number of anilines is 2. The van der Waals surface area contributed by atoms with E-state index in [0.29, 0.717) is 6.54 Å². The first kappa shape index (κ1) is 16.7. The first-order valence-corrected chi connectivity index (χ1v) is 8.17. The maximum absolute atomic E-state index is 12.5. The van der Waals surface area contributed by atoms with Gasteiger partial charge in [-0.1, -0.05) is 36.4 Å². The molecule has 3 rings (SSSR count). The number of hydrogen-bond acceptors (Lipinski definition) is 4. The first-order valence-electron chi connectivity index (χ1n) is 8.17. The normalized spacial score (nSPS) is 11.8. The number of rotatable bonds is 6. The lowest BCUT2D eigenvalue weighted by molar-refractivity contribution is -0.119. The van der Waals surface area contributed by atoms with Crippen molar-refractivity contribution < 1.29 is 4.79 Å². The van der Waals surface area contributed by atoms with Crippen LogP contribution in [0.2, 0.25) is 0 Å². The van der Waals surface area contributed by atoms with Crippen molar-refractivity contribution in [3.63, 3.8) is 0 Å². The van der Waals surface area contributed by atoms with Gasteiger partial charge in [-0.15, -0.1) is 0 Å². The second kappa shape index (κ2) is 7.61. The van der Waals surface area contributed by atoms with E-state index >= 15 is 0 Å². The van der Waals surface area contributed by atoms with Crippen molar-refractivity contribution >= 4 is 17.3 Å². The molecule has 1 aromatic heterocycles. The van der Waals surface area contributed by atoms with Crippen LogP contribution in [-0.4, -0.2) is 20.7 Å². The smallest absolute Gasteiger partial charge is 0.249 e. The van der Waals surface area contributed by atoms with E-state index in [1.54, 1.807) is 6.92 Å². The van der Waals surface area contributed by atoms with Crippen LogP contribution in [0, 0.1) is 6.92 Å². The van der Waals surface area contributed by atoms with Crippen molar-refractivity contribution in [2.24, 2.45) is 0 Å². The zero-order valence-corrected chi connectivity index (χ0v) is 14.3. The van der Waals surface area contributed by atoms with Crippen LogP contribution in [-0.2, 0) is 11.3 Å². The minimum atomic E-state index is -0.438. The molecule has 6 nitrogen and oxygen atoms in total. The summed E-state index contributed by atoms with van der Waals surface area (Å²) >= 11 is 0. The molecule has 0 saturated heterocycles. The molecule has 0 aliphatic heterocycles. The van der Waals surface area contributed by atoms with Crippen LogP contribution < -0.4 is 10.6 Å². The molecule has 2 N–H and O–H groups in total. The molecule has 0 unspecified atom stereocenters. The van der Waals surface area contributed by atoms with Crippen molar-refractivity contribution in [1.82, 2.24) is 14.8 Å². The molecule has 1 atom stereocenters. The van der Waals surface area contributed by atoms with Gasteiger partial charge in [-0.05, 0) is 37.1 Å². The van der Waals surface area contributed by atoms with Crippen LogP contribution in [0.1, 0.15) is 24.1 Å². The third-order valence-electron chi connectivity index (χ3n) is 4.13. The number of benzene rings is 2. The van der Waals surface area contributed by atoms with Gasteiger partial charge in [0.1, 0.15) is 18.7 Å². The van der Waals surface area contributed by atoms with Crippen LogP contribution >= 0.6 is 0 Å². The van der Waals surface area contributed by atoms with Crippen molar-refractivity contribution in [2.75, 3.05) is 10.6 Å². The summed E-state index contributed by atoms with van der Waals surface area (Å²) in [4.78, 5) is 16.3. The molecule has 0 spiro atoms. The molecular weight excluding hydrogens is 314 g/mol. The Kier molecular flexibility index (Phi) is 5.09. The first-order chi connectivity index (χ1) is 12.1. The summed E-state index contributed by atoms with van der Waals surface area (Å²) in [6.07, 6.45) is 2.95. The molecule has 6 heteroatoms. The molecule has 0 aliphatic rings. The number of amides is 1. The highest BCUT2D eigenvalue weighted by molar-refractivity contribution is 5.96. The van der Waals surface area contributed by atoms with Gasteiger partial charge in [0.05, 0.1) is 11.4 Å². The fourth-order valence-corrected chi connectivity index (χ4v) is 2.52. The molecule has 3 aromatic rings. The van der Waals surface area contributed by atoms with E-state index in [4.69, 9.17) is 0 Å².